The minimum absolute atomic E-state index is 0. The molecule has 1 saturated heterocycles. The third kappa shape index (κ3) is 3.77. The molecule has 1 atom stereocenters. The number of halogens is 2. The van der Waals surface area contributed by atoms with E-state index < -0.39 is 0 Å². The van der Waals surface area contributed by atoms with E-state index in [0.29, 0.717) is 6.54 Å². The average Bonchev–Trinajstić information content (AvgIpc) is 2.48. The number of fused-ring (bicyclic) bond motifs is 1. The van der Waals surface area contributed by atoms with Gasteiger partial charge in [0.15, 0.2) is 0 Å². The summed E-state index contributed by atoms with van der Waals surface area (Å²) in [4.78, 5) is 18.9. The van der Waals surface area contributed by atoms with Crippen LogP contribution in [0.1, 0.15) is 30.6 Å². The van der Waals surface area contributed by atoms with E-state index >= 15 is 0 Å². The summed E-state index contributed by atoms with van der Waals surface area (Å²) in [6.45, 7) is 5.69. The van der Waals surface area contributed by atoms with Crippen LogP contribution in [0.25, 0.3) is 10.8 Å². The first-order valence-corrected chi connectivity index (χ1v) is 7.37. The van der Waals surface area contributed by atoms with Gasteiger partial charge in [-0.2, -0.15) is 0 Å². The first-order chi connectivity index (χ1) is 9.99. The summed E-state index contributed by atoms with van der Waals surface area (Å²) in [6, 6.07) is 7.85. The number of aromatic nitrogens is 1. The Morgan fingerprint density at radius 1 is 1.30 bits per heavy atom. The average molecular weight is 356 g/mol. The molecule has 1 fully saturated rings. The molecule has 2 aromatic rings. The lowest BCUT2D eigenvalue weighted by atomic mass is 9.79. The summed E-state index contributed by atoms with van der Waals surface area (Å²) >= 11 is 0. The zero-order valence-corrected chi connectivity index (χ0v) is 15.0. The SMILES string of the molecule is CC1(C)CN(C(=O)c2cccc3cnccc23)CCC1N.Cl.Cl. The molecule has 23 heavy (non-hydrogen) atoms. The molecular formula is C17H23Cl2N3O. The van der Waals surface area contributed by atoms with Gasteiger partial charge < -0.3 is 10.6 Å². The number of nitrogens with zero attached hydrogens (tertiary/aromatic N) is 2. The van der Waals surface area contributed by atoms with Crippen LogP contribution in [0.15, 0.2) is 36.7 Å². The Morgan fingerprint density at radius 2 is 2.04 bits per heavy atom. The largest absolute Gasteiger partial charge is 0.338 e. The summed E-state index contributed by atoms with van der Waals surface area (Å²) in [5, 5.41) is 1.96. The Labute approximate surface area is 149 Å². The van der Waals surface area contributed by atoms with Gasteiger partial charge in [-0.25, -0.2) is 0 Å². The van der Waals surface area contributed by atoms with Crippen molar-refractivity contribution in [3.8, 4) is 0 Å². The number of benzene rings is 1. The molecule has 1 aromatic carbocycles. The Balaban J connectivity index is 0.00000132. The van der Waals surface area contributed by atoms with Crippen LogP contribution in [0.5, 0.6) is 0 Å². The molecule has 126 valence electrons. The van der Waals surface area contributed by atoms with Crippen molar-refractivity contribution in [3.63, 3.8) is 0 Å². The van der Waals surface area contributed by atoms with E-state index in [4.69, 9.17) is 5.73 Å². The lowest BCUT2D eigenvalue weighted by Gasteiger charge is -2.42. The Morgan fingerprint density at radius 3 is 2.74 bits per heavy atom. The van der Waals surface area contributed by atoms with Crippen LogP contribution in [-0.4, -0.2) is 34.9 Å². The van der Waals surface area contributed by atoms with Gasteiger partial charge in [-0.3, -0.25) is 9.78 Å². The van der Waals surface area contributed by atoms with E-state index in [1.807, 2.05) is 29.2 Å². The van der Waals surface area contributed by atoms with E-state index in [9.17, 15) is 4.79 Å². The topological polar surface area (TPSA) is 59.2 Å². The highest BCUT2D eigenvalue weighted by molar-refractivity contribution is 6.06. The lowest BCUT2D eigenvalue weighted by molar-refractivity contribution is 0.0535. The maximum absolute atomic E-state index is 12.9. The normalized spacial score (nSPS) is 19.6. The first kappa shape index (κ1) is 19.7. The second kappa shape index (κ2) is 7.47. The predicted octanol–water partition coefficient (Wildman–Crippen LogP) is 3.28. The molecule has 0 bridgehead atoms. The smallest absolute Gasteiger partial charge is 0.254 e. The number of hydrogen-bond acceptors (Lipinski definition) is 3. The highest BCUT2D eigenvalue weighted by atomic mass is 35.5. The zero-order valence-electron chi connectivity index (χ0n) is 13.4. The second-order valence-electron chi connectivity index (χ2n) is 6.51. The van der Waals surface area contributed by atoms with Crippen LogP contribution in [0, 0.1) is 5.41 Å². The number of hydrogen-bond donors (Lipinski definition) is 1. The standard InChI is InChI=1S/C17H21N3O.2ClH/c1-17(2)11-20(9-7-15(17)18)16(21)14-5-3-4-12-10-19-8-6-13(12)14;;/h3-6,8,10,15H,7,9,11,18H2,1-2H3;2*1H. The molecule has 1 unspecified atom stereocenters. The Bertz CT molecular complexity index is 685. The zero-order chi connectivity index (χ0) is 15.0. The van der Waals surface area contributed by atoms with Crippen molar-refractivity contribution < 1.29 is 4.79 Å². The number of rotatable bonds is 1. The summed E-state index contributed by atoms with van der Waals surface area (Å²) in [7, 11) is 0. The molecule has 1 aromatic heterocycles. The minimum Gasteiger partial charge on any atom is -0.338 e. The van der Waals surface area contributed by atoms with Gasteiger partial charge in [0.2, 0.25) is 0 Å². The molecule has 0 aliphatic carbocycles. The summed E-state index contributed by atoms with van der Waals surface area (Å²) < 4.78 is 0. The molecule has 0 radical (unpaired) electrons. The molecule has 1 aliphatic rings. The molecule has 1 aliphatic heterocycles. The maximum atomic E-state index is 12.9. The van der Waals surface area contributed by atoms with Crippen LogP contribution < -0.4 is 5.73 Å². The van der Waals surface area contributed by atoms with Gasteiger partial charge in [0.25, 0.3) is 5.91 Å². The van der Waals surface area contributed by atoms with Crippen molar-refractivity contribution in [1.29, 1.82) is 0 Å². The van der Waals surface area contributed by atoms with Crippen LogP contribution in [0.3, 0.4) is 0 Å². The van der Waals surface area contributed by atoms with Crippen molar-refractivity contribution in [2.24, 2.45) is 11.1 Å². The number of piperidine rings is 1. The minimum atomic E-state index is -0.0416. The van der Waals surface area contributed by atoms with Crippen LogP contribution in [-0.2, 0) is 0 Å². The lowest BCUT2D eigenvalue weighted by Crippen LogP contribution is -2.54. The van der Waals surface area contributed by atoms with Crippen molar-refractivity contribution >= 4 is 41.5 Å². The highest BCUT2D eigenvalue weighted by Gasteiger charge is 2.35. The van der Waals surface area contributed by atoms with Crippen molar-refractivity contribution in [3.05, 3.63) is 42.2 Å². The molecule has 1 amide bonds. The third-order valence-electron chi connectivity index (χ3n) is 4.51. The molecule has 2 heterocycles. The first-order valence-electron chi connectivity index (χ1n) is 7.37. The summed E-state index contributed by atoms with van der Waals surface area (Å²) in [6.07, 6.45) is 4.38. The van der Waals surface area contributed by atoms with Gasteiger partial charge in [-0.1, -0.05) is 26.0 Å². The monoisotopic (exact) mass is 355 g/mol. The fourth-order valence-electron chi connectivity index (χ4n) is 3.03. The van der Waals surface area contributed by atoms with Crippen molar-refractivity contribution in [1.82, 2.24) is 9.88 Å². The molecule has 2 N–H and O–H groups in total. The Kier molecular flexibility index (Phi) is 6.40. The van der Waals surface area contributed by atoms with Gasteiger partial charge in [0, 0.05) is 42.5 Å². The second-order valence-corrected chi connectivity index (χ2v) is 6.51. The molecule has 4 nitrogen and oxygen atoms in total. The summed E-state index contributed by atoms with van der Waals surface area (Å²) in [5.41, 5.74) is 6.87. The maximum Gasteiger partial charge on any atom is 0.254 e. The Hall–Kier alpha value is -1.36. The van der Waals surface area contributed by atoms with E-state index in [2.05, 4.69) is 18.8 Å². The molecule has 3 rings (SSSR count). The number of likely N-dealkylation sites (tertiary alicyclic amines) is 1. The quantitative estimate of drug-likeness (QED) is 0.853. The molecular weight excluding hydrogens is 333 g/mol. The molecule has 0 saturated carbocycles. The number of nitrogens with two attached hydrogens (primary N) is 1. The highest BCUT2D eigenvalue weighted by Crippen LogP contribution is 2.29. The molecule has 6 heteroatoms. The number of carbonyl (C=O) groups is 1. The molecule has 0 spiro atoms. The predicted molar refractivity (Wildman–Crippen MR) is 98.5 cm³/mol. The fourth-order valence-corrected chi connectivity index (χ4v) is 3.03. The van der Waals surface area contributed by atoms with E-state index in [-0.39, 0.29) is 42.2 Å². The van der Waals surface area contributed by atoms with Crippen molar-refractivity contribution in [2.45, 2.75) is 26.3 Å². The van der Waals surface area contributed by atoms with Crippen LogP contribution in [0.4, 0.5) is 0 Å². The van der Waals surface area contributed by atoms with Crippen molar-refractivity contribution in [2.75, 3.05) is 13.1 Å². The van der Waals surface area contributed by atoms with E-state index in [1.54, 1.807) is 12.4 Å². The van der Waals surface area contributed by atoms with Crippen LogP contribution >= 0.6 is 24.8 Å². The van der Waals surface area contributed by atoms with Crippen LogP contribution in [0.2, 0.25) is 0 Å². The van der Waals surface area contributed by atoms with Gasteiger partial charge >= 0.3 is 0 Å². The van der Waals surface area contributed by atoms with E-state index in [1.165, 1.54) is 0 Å². The van der Waals surface area contributed by atoms with Gasteiger partial charge in [0.05, 0.1) is 0 Å². The number of amides is 1. The number of carbonyl (C=O) groups excluding carboxylic acids is 1. The number of pyridine rings is 1. The third-order valence-corrected chi connectivity index (χ3v) is 4.51. The van der Waals surface area contributed by atoms with Gasteiger partial charge in [-0.15, -0.1) is 24.8 Å². The van der Waals surface area contributed by atoms with Gasteiger partial charge in [-0.05, 0) is 29.4 Å². The van der Waals surface area contributed by atoms with Gasteiger partial charge in [0.1, 0.15) is 0 Å². The summed E-state index contributed by atoms with van der Waals surface area (Å²) in [5.74, 6) is 0.0896. The fraction of sp³-hybridized carbons (Fsp3) is 0.412. The van der Waals surface area contributed by atoms with E-state index in [0.717, 1.165) is 29.3 Å².